The molecule has 0 spiro atoms. The van der Waals surface area contributed by atoms with Gasteiger partial charge in [-0.15, -0.1) is 11.3 Å². The van der Waals surface area contributed by atoms with Crippen LogP contribution in [0.15, 0.2) is 35.7 Å². The summed E-state index contributed by atoms with van der Waals surface area (Å²) in [6.07, 6.45) is 1.07. The summed E-state index contributed by atoms with van der Waals surface area (Å²) in [5, 5.41) is 7.03. The van der Waals surface area contributed by atoms with Crippen molar-refractivity contribution in [1.82, 2.24) is 10.3 Å². The third-order valence-corrected chi connectivity index (χ3v) is 4.58. The minimum Gasteiger partial charge on any atom is -0.358 e. The Hall–Kier alpha value is -1.58. The van der Waals surface area contributed by atoms with Crippen molar-refractivity contribution >= 4 is 22.2 Å². The lowest BCUT2D eigenvalue weighted by molar-refractivity contribution is 0.693. The zero-order valence-corrected chi connectivity index (χ0v) is 12.8. The molecule has 0 atom stereocenters. The highest BCUT2D eigenvalue weighted by atomic mass is 32.1. The summed E-state index contributed by atoms with van der Waals surface area (Å²) in [5.74, 6) is 0. The summed E-state index contributed by atoms with van der Waals surface area (Å²) in [6, 6.07) is 10.9. The molecule has 2 heterocycles. The van der Waals surface area contributed by atoms with E-state index in [1.165, 1.54) is 32.6 Å². The molecule has 2 nitrogen and oxygen atoms in total. The molecule has 104 valence electrons. The van der Waals surface area contributed by atoms with E-state index in [1.54, 1.807) is 0 Å². The van der Waals surface area contributed by atoms with E-state index < -0.39 is 0 Å². The molecule has 2 N–H and O–H groups in total. The molecule has 3 aromatic rings. The van der Waals surface area contributed by atoms with Gasteiger partial charge in [0.25, 0.3) is 0 Å². The fourth-order valence-corrected chi connectivity index (χ4v) is 3.33. The molecule has 0 amide bonds. The van der Waals surface area contributed by atoms with Crippen molar-refractivity contribution in [3.8, 4) is 0 Å². The number of aromatic amines is 1. The van der Waals surface area contributed by atoms with Crippen LogP contribution in [0.2, 0.25) is 0 Å². The quantitative estimate of drug-likeness (QED) is 0.676. The Morgan fingerprint density at radius 3 is 2.90 bits per heavy atom. The van der Waals surface area contributed by atoms with Crippen LogP contribution >= 0.6 is 11.3 Å². The predicted molar refractivity (Wildman–Crippen MR) is 87.5 cm³/mol. The van der Waals surface area contributed by atoms with Gasteiger partial charge in [0, 0.05) is 28.0 Å². The standard InChI is InChI=1S/C17H20N2S/c1-12-5-6-17-16(10-12)15(13(2)19-17)7-8-18-11-14-4-3-9-20-14/h3-6,9-10,18-19H,7-8,11H2,1-2H3. The van der Waals surface area contributed by atoms with E-state index in [1.807, 2.05) is 11.3 Å². The summed E-state index contributed by atoms with van der Waals surface area (Å²) in [4.78, 5) is 4.88. The molecule has 0 saturated heterocycles. The molecule has 0 aliphatic carbocycles. The normalized spacial score (nSPS) is 11.3. The first-order chi connectivity index (χ1) is 9.74. The van der Waals surface area contributed by atoms with Crippen LogP contribution in [0.1, 0.15) is 21.7 Å². The van der Waals surface area contributed by atoms with Crippen LogP contribution in [0.3, 0.4) is 0 Å². The van der Waals surface area contributed by atoms with Crippen LogP contribution in [0.5, 0.6) is 0 Å². The molecule has 0 radical (unpaired) electrons. The summed E-state index contributed by atoms with van der Waals surface area (Å²) < 4.78 is 0. The number of fused-ring (bicyclic) bond motifs is 1. The van der Waals surface area contributed by atoms with Gasteiger partial charge < -0.3 is 10.3 Å². The minimum absolute atomic E-state index is 0.970. The van der Waals surface area contributed by atoms with Crippen LogP contribution in [-0.2, 0) is 13.0 Å². The molecule has 0 aliphatic heterocycles. The van der Waals surface area contributed by atoms with Gasteiger partial charge >= 0.3 is 0 Å². The summed E-state index contributed by atoms with van der Waals surface area (Å²) in [7, 11) is 0. The third-order valence-electron chi connectivity index (χ3n) is 3.71. The maximum Gasteiger partial charge on any atom is 0.0459 e. The van der Waals surface area contributed by atoms with Crippen molar-refractivity contribution in [3.63, 3.8) is 0 Å². The summed E-state index contributed by atoms with van der Waals surface area (Å²) in [6.45, 7) is 6.31. The van der Waals surface area contributed by atoms with Gasteiger partial charge in [0.2, 0.25) is 0 Å². The highest BCUT2D eigenvalue weighted by Gasteiger charge is 2.08. The van der Waals surface area contributed by atoms with Gasteiger partial charge in [-0.25, -0.2) is 0 Å². The first-order valence-corrected chi connectivity index (χ1v) is 7.93. The van der Waals surface area contributed by atoms with Crippen LogP contribution in [0.25, 0.3) is 10.9 Å². The highest BCUT2D eigenvalue weighted by molar-refractivity contribution is 7.09. The van der Waals surface area contributed by atoms with Crippen molar-refractivity contribution in [2.45, 2.75) is 26.8 Å². The molecular weight excluding hydrogens is 264 g/mol. The zero-order valence-electron chi connectivity index (χ0n) is 12.0. The Bertz CT molecular complexity index is 695. The molecule has 2 aromatic heterocycles. The van der Waals surface area contributed by atoms with Crippen LogP contribution in [0, 0.1) is 13.8 Å². The van der Waals surface area contributed by atoms with E-state index in [0.717, 1.165) is 19.5 Å². The van der Waals surface area contributed by atoms with Gasteiger partial charge in [-0.05, 0) is 56.0 Å². The van der Waals surface area contributed by atoms with Crippen molar-refractivity contribution in [2.24, 2.45) is 0 Å². The number of thiophene rings is 1. The number of hydrogen-bond donors (Lipinski definition) is 2. The van der Waals surface area contributed by atoms with Crippen molar-refractivity contribution in [2.75, 3.05) is 6.54 Å². The van der Waals surface area contributed by atoms with E-state index in [0.29, 0.717) is 0 Å². The van der Waals surface area contributed by atoms with E-state index in [2.05, 4.69) is 59.9 Å². The van der Waals surface area contributed by atoms with Gasteiger partial charge in [0.15, 0.2) is 0 Å². The number of H-pyrrole nitrogens is 1. The maximum atomic E-state index is 3.53. The fourth-order valence-electron chi connectivity index (χ4n) is 2.66. The van der Waals surface area contributed by atoms with Crippen molar-refractivity contribution in [1.29, 1.82) is 0 Å². The van der Waals surface area contributed by atoms with E-state index >= 15 is 0 Å². The second kappa shape index (κ2) is 5.81. The van der Waals surface area contributed by atoms with Crippen molar-refractivity contribution < 1.29 is 0 Å². The van der Waals surface area contributed by atoms with Gasteiger partial charge in [-0.1, -0.05) is 17.7 Å². The maximum absolute atomic E-state index is 3.53. The SMILES string of the molecule is Cc1ccc2[nH]c(C)c(CCNCc3cccs3)c2c1. The fraction of sp³-hybridized carbons (Fsp3) is 0.294. The number of nitrogens with one attached hydrogen (secondary N) is 2. The van der Waals surface area contributed by atoms with E-state index in [9.17, 15) is 0 Å². The average Bonchev–Trinajstić information content (AvgIpc) is 3.03. The number of benzene rings is 1. The van der Waals surface area contributed by atoms with Crippen LogP contribution in [0.4, 0.5) is 0 Å². The second-order valence-electron chi connectivity index (χ2n) is 5.28. The molecule has 20 heavy (non-hydrogen) atoms. The Balaban J connectivity index is 1.67. The van der Waals surface area contributed by atoms with Gasteiger partial charge in [0.05, 0.1) is 0 Å². The zero-order chi connectivity index (χ0) is 13.9. The minimum atomic E-state index is 0.970. The summed E-state index contributed by atoms with van der Waals surface area (Å²) >= 11 is 1.81. The van der Waals surface area contributed by atoms with Crippen molar-refractivity contribution in [3.05, 3.63) is 57.4 Å². The van der Waals surface area contributed by atoms with E-state index in [-0.39, 0.29) is 0 Å². The lowest BCUT2D eigenvalue weighted by Gasteiger charge is -2.04. The van der Waals surface area contributed by atoms with Gasteiger partial charge in [-0.2, -0.15) is 0 Å². The Morgan fingerprint density at radius 1 is 1.20 bits per heavy atom. The number of aryl methyl sites for hydroxylation is 2. The molecule has 0 bridgehead atoms. The van der Waals surface area contributed by atoms with E-state index in [4.69, 9.17) is 0 Å². The molecule has 3 rings (SSSR count). The number of aromatic nitrogens is 1. The highest BCUT2D eigenvalue weighted by Crippen LogP contribution is 2.23. The molecule has 0 fully saturated rings. The molecule has 1 aromatic carbocycles. The third kappa shape index (κ3) is 2.79. The molecule has 0 aliphatic rings. The number of hydrogen-bond acceptors (Lipinski definition) is 2. The monoisotopic (exact) mass is 284 g/mol. The van der Waals surface area contributed by atoms with Crippen LogP contribution < -0.4 is 5.32 Å². The average molecular weight is 284 g/mol. The van der Waals surface area contributed by atoms with Gasteiger partial charge in [0.1, 0.15) is 0 Å². The van der Waals surface area contributed by atoms with Gasteiger partial charge in [-0.3, -0.25) is 0 Å². The largest absolute Gasteiger partial charge is 0.358 e. The predicted octanol–water partition coefficient (Wildman–Crippen LogP) is 4.18. The first kappa shape index (κ1) is 13.4. The smallest absolute Gasteiger partial charge is 0.0459 e. The summed E-state index contributed by atoms with van der Waals surface area (Å²) in [5.41, 5.74) is 5.32. The Kier molecular flexibility index (Phi) is 3.90. The number of rotatable bonds is 5. The molecular formula is C17H20N2S. The lowest BCUT2D eigenvalue weighted by Crippen LogP contribution is -2.16. The Labute approximate surface area is 123 Å². The molecule has 0 unspecified atom stereocenters. The second-order valence-corrected chi connectivity index (χ2v) is 6.32. The Morgan fingerprint density at radius 2 is 2.10 bits per heavy atom. The lowest BCUT2D eigenvalue weighted by atomic mass is 10.1. The topological polar surface area (TPSA) is 27.8 Å². The molecule has 0 saturated carbocycles. The van der Waals surface area contributed by atoms with Crippen LogP contribution in [-0.4, -0.2) is 11.5 Å². The molecule has 3 heteroatoms. The first-order valence-electron chi connectivity index (χ1n) is 7.05.